The van der Waals surface area contributed by atoms with Gasteiger partial charge in [-0.25, -0.2) is 4.83 Å². The summed E-state index contributed by atoms with van der Waals surface area (Å²) in [6.07, 6.45) is 1.31. The molecule has 0 unspecified atom stereocenters. The quantitative estimate of drug-likeness (QED) is 0.520. The van der Waals surface area contributed by atoms with E-state index >= 15 is 0 Å². The highest BCUT2D eigenvalue weighted by Gasteiger charge is 2.12. The lowest BCUT2D eigenvalue weighted by atomic mass is 10.2. The van der Waals surface area contributed by atoms with E-state index in [1.54, 1.807) is 24.3 Å². The van der Waals surface area contributed by atoms with Gasteiger partial charge in [0.05, 0.1) is 27.8 Å². The van der Waals surface area contributed by atoms with Gasteiger partial charge < -0.3 is 4.74 Å². The van der Waals surface area contributed by atoms with Gasteiger partial charge in [0.1, 0.15) is 0 Å². The van der Waals surface area contributed by atoms with Gasteiger partial charge >= 0.3 is 0 Å². The molecule has 0 aromatic heterocycles. The molecule has 128 valence electrons. The van der Waals surface area contributed by atoms with E-state index in [1.165, 1.54) is 18.3 Å². The molecule has 0 bridgehead atoms. The molecule has 1 N–H and O–H groups in total. The van der Waals surface area contributed by atoms with E-state index in [4.69, 9.17) is 27.9 Å². The fourth-order valence-corrected chi connectivity index (χ4v) is 3.44. The molecule has 5 nitrogen and oxygen atoms in total. The molecule has 24 heavy (non-hydrogen) atoms. The highest BCUT2D eigenvalue weighted by Crippen LogP contribution is 2.33. The van der Waals surface area contributed by atoms with Crippen LogP contribution in [0.1, 0.15) is 12.5 Å². The van der Waals surface area contributed by atoms with Crippen molar-refractivity contribution in [1.29, 1.82) is 0 Å². The normalized spacial score (nSPS) is 11.7. The first kappa shape index (κ1) is 19.1. The number of nitrogens with zero attached hydrogens (tertiary/aromatic N) is 1. The predicted molar refractivity (Wildman–Crippen MR) is 99.7 cm³/mol. The van der Waals surface area contributed by atoms with Crippen LogP contribution >= 0.6 is 39.1 Å². The number of hydrogen-bond donors (Lipinski definition) is 1. The van der Waals surface area contributed by atoms with E-state index < -0.39 is 10.0 Å². The van der Waals surface area contributed by atoms with Crippen LogP contribution in [-0.2, 0) is 10.0 Å². The highest BCUT2D eigenvalue weighted by atomic mass is 79.9. The summed E-state index contributed by atoms with van der Waals surface area (Å²) >= 11 is 15.4. The van der Waals surface area contributed by atoms with Crippen LogP contribution in [0.4, 0.5) is 0 Å². The first-order chi connectivity index (χ1) is 11.3. The van der Waals surface area contributed by atoms with Gasteiger partial charge in [-0.15, -0.1) is 0 Å². The number of hydrazone groups is 1. The largest absolute Gasteiger partial charge is 0.491 e. The lowest BCUT2D eigenvalue weighted by Crippen LogP contribution is -2.18. The summed E-state index contributed by atoms with van der Waals surface area (Å²) in [5.41, 5.74) is 0.534. The average molecular weight is 452 g/mol. The number of halogens is 3. The Morgan fingerprint density at radius 3 is 2.33 bits per heavy atom. The summed E-state index contributed by atoms with van der Waals surface area (Å²) in [6, 6.07) is 9.35. The van der Waals surface area contributed by atoms with Crippen LogP contribution in [-0.4, -0.2) is 21.2 Å². The van der Waals surface area contributed by atoms with Crippen LogP contribution in [0.15, 0.2) is 50.9 Å². The van der Waals surface area contributed by atoms with Gasteiger partial charge in [0.15, 0.2) is 5.75 Å². The van der Waals surface area contributed by atoms with Gasteiger partial charge in [-0.1, -0.05) is 39.1 Å². The van der Waals surface area contributed by atoms with E-state index in [2.05, 4.69) is 25.9 Å². The van der Waals surface area contributed by atoms with E-state index in [9.17, 15) is 8.42 Å². The third-order valence-corrected chi connectivity index (χ3v) is 5.15. The van der Waals surface area contributed by atoms with Crippen molar-refractivity contribution < 1.29 is 13.2 Å². The Balaban J connectivity index is 2.15. The van der Waals surface area contributed by atoms with Crippen molar-refractivity contribution in [3.63, 3.8) is 0 Å². The fourth-order valence-electron chi connectivity index (χ4n) is 1.77. The molecule has 0 amide bonds. The standard InChI is InChI=1S/C15H13BrCl2N2O3S/c1-2-23-15-13(17)7-10(8-14(15)18)9-19-20-24(21,22)12-5-3-11(16)4-6-12/h3-9,20H,2H2,1H3/b19-9+. The number of benzene rings is 2. The summed E-state index contributed by atoms with van der Waals surface area (Å²) in [5.74, 6) is 0.383. The molecule has 0 radical (unpaired) electrons. The highest BCUT2D eigenvalue weighted by molar-refractivity contribution is 9.10. The van der Waals surface area contributed by atoms with Crippen LogP contribution in [0.2, 0.25) is 10.0 Å². The summed E-state index contributed by atoms with van der Waals surface area (Å²) in [5, 5.41) is 4.38. The Bertz CT molecular complexity index is 833. The third-order valence-electron chi connectivity index (χ3n) is 2.82. The Hall–Kier alpha value is -1.28. The van der Waals surface area contributed by atoms with Crippen molar-refractivity contribution in [1.82, 2.24) is 4.83 Å². The number of nitrogens with one attached hydrogen (secondary N) is 1. The maximum absolute atomic E-state index is 12.1. The zero-order chi connectivity index (χ0) is 17.7. The average Bonchev–Trinajstić information content (AvgIpc) is 2.51. The molecular formula is C15H13BrCl2N2O3S. The fraction of sp³-hybridized carbons (Fsp3) is 0.133. The molecule has 2 rings (SSSR count). The number of hydrogen-bond acceptors (Lipinski definition) is 4. The second-order valence-corrected chi connectivity index (χ2v) is 7.94. The molecule has 0 atom stereocenters. The molecule has 0 saturated heterocycles. The van der Waals surface area contributed by atoms with E-state index in [0.29, 0.717) is 28.0 Å². The van der Waals surface area contributed by atoms with Gasteiger partial charge in [0.2, 0.25) is 0 Å². The smallest absolute Gasteiger partial charge is 0.276 e. The lowest BCUT2D eigenvalue weighted by molar-refractivity contribution is 0.340. The summed E-state index contributed by atoms with van der Waals surface area (Å²) < 4.78 is 30.3. The molecule has 0 aliphatic rings. The minimum absolute atomic E-state index is 0.102. The van der Waals surface area contributed by atoms with Crippen molar-refractivity contribution in [2.75, 3.05) is 6.61 Å². The zero-order valence-corrected chi connectivity index (χ0v) is 16.4. The maximum atomic E-state index is 12.1. The Morgan fingerprint density at radius 1 is 1.21 bits per heavy atom. The SMILES string of the molecule is CCOc1c(Cl)cc(/C=N/NS(=O)(=O)c2ccc(Br)cc2)cc1Cl. The second kappa shape index (κ2) is 8.20. The third kappa shape index (κ3) is 4.86. The number of rotatable bonds is 6. The Morgan fingerprint density at radius 2 is 1.79 bits per heavy atom. The van der Waals surface area contributed by atoms with Crippen molar-refractivity contribution in [2.45, 2.75) is 11.8 Å². The van der Waals surface area contributed by atoms with Crippen molar-refractivity contribution in [2.24, 2.45) is 5.10 Å². The summed E-state index contributed by atoms with van der Waals surface area (Å²) in [7, 11) is -3.74. The van der Waals surface area contributed by atoms with Crippen LogP contribution in [0.25, 0.3) is 0 Å². The first-order valence-electron chi connectivity index (χ1n) is 6.75. The van der Waals surface area contributed by atoms with Crippen LogP contribution in [0, 0.1) is 0 Å². The first-order valence-corrected chi connectivity index (χ1v) is 9.79. The Kier molecular flexibility index (Phi) is 6.51. The zero-order valence-electron chi connectivity index (χ0n) is 12.5. The van der Waals surface area contributed by atoms with Gasteiger partial charge in [-0.3, -0.25) is 0 Å². The molecule has 2 aromatic rings. The number of ether oxygens (including phenoxy) is 1. The number of sulfonamides is 1. The minimum atomic E-state index is -3.74. The molecule has 0 aliphatic carbocycles. The van der Waals surface area contributed by atoms with Gasteiger partial charge in [0, 0.05) is 4.47 Å². The van der Waals surface area contributed by atoms with Crippen LogP contribution < -0.4 is 9.57 Å². The molecule has 0 fully saturated rings. The topological polar surface area (TPSA) is 67.8 Å². The van der Waals surface area contributed by atoms with Crippen LogP contribution in [0.3, 0.4) is 0 Å². The second-order valence-electron chi connectivity index (χ2n) is 4.55. The predicted octanol–water partition coefficient (Wildman–Crippen LogP) is 4.47. The molecule has 0 aliphatic heterocycles. The van der Waals surface area contributed by atoms with Crippen molar-refractivity contribution in [3.8, 4) is 5.75 Å². The molecule has 9 heteroatoms. The monoisotopic (exact) mass is 450 g/mol. The Labute approximate surface area is 158 Å². The molecule has 2 aromatic carbocycles. The van der Waals surface area contributed by atoms with E-state index in [0.717, 1.165) is 4.47 Å². The molecule has 0 heterocycles. The van der Waals surface area contributed by atoms with Crippen LogP contribution in [0.5, 0.6) is 5.75 Å². The lowest BCUT2D eigenvalue weighted by Gasteiger charge is -2.08. The molecule has 0 saturated carbocycles. The van der Waals surface area contributed by atoms with Gasteiger partial charge in [0.25, 0.3) is 10.0 Å². The summed E-state index contributed by atoms with van der Waals surface area (Å²) in [6.45, 7) is 2.25. The molecule has 0 spiro atoms. The van der Waals surface area contributed by atoms with Gasteiger partial charge in [-0.2, -0.15) is 13.5 Å². The minimum Gasteiger partial charge on any atom is -0.491 e. The van der Waals surface area contributed by atoms with E-state index in [1.807, 2.05) is 6.92 Å². The van der Waals surface area contributed by atoms with Crippen molar-refractivity contribution >= 4 is 55.4 Å². The van der Waals surface area contributed by atoms with Gasteiger partial charge in [-0.05, 0) is 48.9 Å². The van der Waals surface area contributed by atoms with Crippen molar-refractivity contribution in [3.05, 3.63) is 56.5 Å². The molecular weight excluding hydrogens is 439 g/mol. The summed E-state index contributed by atoms with van der Waals surface area (Å²) in [4.78, 5) is 2.23. The van der Waals surface area contributed by atoms with E-state index in [-0.39, 0.29) is 4.90 Å². The maximum Gasteiger partial charge on any atom is 0.276 e.